The van der Waals surface area contributed by atoms with E-state index in [2.05, 4.69) is 35.8 Å². The summed E-state index contributed by atoms with van der Waals surface area (Å²) in [5.41, 5.74) is 4.84. The SMILES string of the molecule is CCn1cc(-c2ccc(Cl)cc2Cl)nc1C=Cc1ccc(-c2ccc(OCCC(=O)O)cc2)cc1. The van der Waals surface area contributed by atoms with Gasteiger partial charge >= 0.3 is 5.97 Å². The number of halogens is 2. The van der Waals surface area contributed by atoms with Crippen LogP contribution in [0.15, 0.2) is 72.9 Å². The van der Waals surface area contributed by atoms with Crippen molar-refractivity contribution in [3.05, 3.63) is 94.4 Å². The summed E-state index contributed by atoms with van der Waals surface area (Å²) in [7, 11) is 0. The minimum Gasteiger partial charge on any atom is -0.493 e. The minimum atomic E-state index is -0.874. The molecule has 0 atom stereocenters. The van der Waals surface area contributed by atoms with E-state index in [-0.39, 0.29) is 13.0 Å². The fourth-order valence-corrected chi connectivity index (χ4v) is 4.11. The summed E-state index contributed by atoms with van der Waals surface area (Å²) in [6.07, 6.45) is 6.00. The van der Waals surface area contributed by atoms with E-state index in [1.54, 1.807) is 6.07 Å². The van der Waals surface area contributed by atoms with Gasteiger partial charge in [0, 0.05) is 23.3 Å². The molecule has 0 spiro atoms. The molecule has 1 heterocycles. The minimum absolute atomic E-state index is 0.0224. The fourth-order valence-electron chi connectivity index (χ4n) is 3.60. The number of aromatic nitrogens is 2. The van der Waals surface area contributed by atoms with Crippen LogP contribution in [0.3, 0.4) is 0 Å². The topological polar surface area (TPSA) is 64.4 Å². The number of aliphatic carboxylic acids is 1. The highest BCUT2D eigenvalue weighted by molar-refractivity contribution is 6.36. The van der Waals surface area contributed by atoms with Gasteiger partial charge in [-0.05, 0) is 60.0 Å². The van der Waals surface area contributed by atoms with Gasteiger partial charge in [-0.15, -0.1) is 0 Å². The highest BCUT2D eigenvalue weighted by Crippen LogP contribution is 2.30. The molecule has 3 aromatic carbocycles. The summed E-state index contributed by atoms with van der Waals surface area (Å²) < 4.78 is 7.52. The lowest BCUT2D eigenvalue weighted by molar-refractivity contribution is -0.137. The van der Waals surface area contributed by atoms with Crippen molar-refractivity contribution in [2.45, 2.75) is 19.9 Å². The molecular formula is C28H24Cl2N2O3. The summed E-state index contributed by atoms with van der Waals surface area (Å²) in [6.45, 7) is 3.01. The van der Waals surface area contributed by atoms with Crippen molar-refractivity contribution >= 4 is 41.3 Å². The third-order valence-electron chi connectivity index (χ3n) is 5.46. The van der Waals surface area contributed by atoms with Gasteiger partial charge in [0.05, 0.1) is 23.7 Å². The van der Waals surface area contributed by atoms with E-state index in [0.717, 1.165) is 40.3 Å². The second kappa shape index (κ2) is 11.3. The molecule has 178 valence electrons. The molecule has 0 saturated heterocycles. The maximum absolute atomic E-state index is 10.6. The Hall–Kier alpha value is -3.54. The molecule has 0 aliphatic rings. The Balaban J connectivity index is 1.46. The molecule has 4 aromatic rings. The average Bonchev–Trinajstić information content (AvgIpc) is 3.26. The number of carbonyl (C=O) groups is 1. The number of hydrogen-bond donors (Lipinski definition) is 1. The molecular weight excluding hydrogens is 483 g/mol. The molecule has 0 saturated carbocycles. The first-order chi connectivity index (χ1) is 16.9. The van der Waals surface area contributed by atoms with E-state index >= 15 is 0 Å². The van der Waals surface area contributed by atoms with Crippen LogP contribution in [0.2, 0.25) is 10.0 Å². The molecule has 0 amide bonds. The predicted octanol–water partition coefficient (Wildman–Crippen LogP) is 7.57. The number of ether oxygens (including phenoxy) is 1. The third-order valence-corrected chi connectivity index (χ3v) is 6.01. The van der Waals surface area contributed by atoms with E-state index in [0.29, 0.717) is 15.8 Å². The molecule has 0 radical (unpaired) electrons. The molecule has 0 aliphatic carbocycles. The van der Waals surface area contributed by atoms with Crippen LogP contribution in [0.5, 0.6) is 5.75 Å². The summed E-state index contributed by atoms with van der Waals surface area (Å²) in [5, 5.41) is 9.87. The van der Waals surface area contributed by atoms with Crippen molar-refractivity contribution < 1.29 is 14.6 Å². The zero-order valence-electron chi connectivity index (χ0n) is 19.1. The Morgan fingerprint density at radius 1 is 1.00 bits per heavy atom. The largest absolute Gasteiger partial charge is 0.493 e. The number of carboxylic acid groups (broad SMARTS) is 1. The van der Waals surface area contributed by atoms with Crippen LogP contribution in [-0.2, 0) is 11.3 Å². The van der Waals surface area contributed by atoms with Gasteiger partial charge in [0.2, 0.25) is 0 Å². The number of hydrogen-bond acceptors (Lipinski definition) is 3. The number of aryl methyl sites for hydroxylation is 1. The summed E-state index contributed by atoms with van der Waals surface area (Å²) in [6, 6.07) is 21.3. The molecule has 0 fully saturated rings. The Labute approximate surface area is 214 Å². The van der Waals surface area contributed by atoms with Gasteiger partial charge < -0.3 is 14.4 Å². The van der Waals surface area contributed by atoms with Crippen molar-refractivity contribution in [3.8, 4) is 28.1 Å². The number of carboxylic acids is 1. The molecule has 1 N–H and O–H groups in total. The van der Waals surface area contributed by atoms with Crippen LogP contribution in [0.4, 0.5) is 0 Å². The van der Waals surface area contributed by atoms with Crippen LogP contribution >= 0.6 is 23.2 Å². The zero-order chi connectivity index (χ0) is 24.8. The lowest BCUT2D eigenvalue weighted by Crippen LogP contribution is -2.04. The highest BCUT2D eigenvalue weighted by Gasteiger charge is 2.10. The third kappa shape index (κ3) is 6.32. The number of imidazole rings is 1. The summed E-state index contributed by atoms with van der Waals surface area (Å²) in [5.74, 6) is 0.622. The van der Waals surface area contributed by atoms with Gasteiger partial charge in [0.15, 0.2) is 0 Å². The second-order valence-electron chi connectivity index (χ2n) is 7.87. The summed E-state index contributed by atoms with van der Waals surface area (Å²) in [4.78, 5) is 15.4. The van der Waals surface area contributed by atoms with Crippen LogP contribution < -0.4 is 4.74 Å². The Bertz CT molecular complexity index is 1340. The molecule has 5 nitrogen and oxygen atoms in total. The van der Waals surface area contributed by atoms with Crippen LogP contribution in [0.25, 0.3) is 34.5 Å². The van der Waals surface area contributed by atoms with Gasteiger partial charge in [0.25, 0.3) is 0 Å². The highest BCUT2D eigenvalue weighted by atomic mass is 35.5. The Kier molecular flexibility index (Phi) is 7.91. The van der Waals surface area contributed by atoms with Gasteiger partial charge in [0.1, 0.15) is 11.6 Å². The molecule has 1 aromatic heterocycles. The second-order valence-corrected chi connectivity index (χ2v) is 8.71. The Morgan fingerprint density at radius 2 is 1.69 bits per heavy atom. The molecule has 0 unspecified atom stereocenters. The molecule has 0 bridgehead atoms. The predicted molar refractivity (Wildman–Crippen MR) is 142 cm³/mol. The van der Waals surface area contributed by atoms with Crippen molar-refractivity contribution in [1.82, 2.24) is 9.55 Å². The van der Waals surface area contributed by atoms with Gasteiger partial charge in [-0.1, -0.05) is 65.7 Å². The van der Waals surface area contributed by atoms with Crippen molar-refractivity contribution in [2.75, 3.05) is 6.61 Å². The van der Waals surface area contributed by atoms with Gasteiger partial charge in [-0.3, -0.25) is 4.79 Å². The number of rotatable bonds is 9. The fraction of sp³-hybridized carbons (Fsp3) is 0.143. The normalized spacial score (nSPS) is 11.2. The van der Waals surface area contributed by atoms with Crippen molar-refractivity contribution in [1.29, 1.82) is 0 Å². The standard InChI is InChI=1S/C28H24Cl2N2O3/c1-2-32-18-26(24-13-10-22(29)17-25(24)30)31-27(32)14-5-19-3-6-20(7-4-19)21-8-11-23(12-9-21)35-16-15-28(33)34/h3-14,17-18H,2,15-16H2,1H3,(H,33,34). The zero-order valence-corrected chi connectivity index (χ0v) is 20.6. The van der Waals surface area contributed by atoms with Crippen LogP contribution in [0, 0.1) is 0 Å². The van der Waals surface area contributed by atoms with E-state index in [4.69, 9.17) is 38.0 Å². The average molecular weight is 507 g/mol. The molecule has 4 rings (SSSR count). The lowest BCUT2D eigenvalue weighted by atomic mass is 10.0. The van der Waals surface area contributed by atoms with Gasteiger partial charge in [-0.25, -0.2) is 4.98 Å². The number of benzene rings is 3. The molecule has 35 heavy (non-hydrogen) atoms. The summed E-state index contributed by atoms with van der Waals surface area (Å²) >= 11 is 12.4. The van der Waals surface area contributed by atoms with Gasteiger partial charge in [-0.2, -0.15) is 0 Å². The van der Waals surface area contributed by atoms with Crippen molar-refractivity contribution in [3.63, 3.8) is 0 Å². The first kappa shape index (κ1) is 24.6. The first-order valence-electron chi connectivity index (χ1n) is 11.2. The van der Waals surface area contributed by atoms with Crippen LogP contribution in [0.1, 0.15) is 24.7 Å². The van der Waals surface area contributed by atoms with Crippen LogP contribution in [-0.4, -0.2) is 27.2 Å². The number of nitrogens with zero attached hydrogens (tertiary/aromatic N) is 2. The molecule has 0 aliphatic heterocycles. The first-order valence-corrected chi connectivity index (χ1v) is 11.9. The van der Waals surface area contributed by atoms with E-state index in [9.17, 15) is 4.79 Å². The smallest absolute Gasteiger partial charge is 0.306 e. The monoisotopic (exact) mass is 506 g/mol. The van der Waals surface area contributed by atoms with E-state index in [1.165, 1.54) is 0 Å². The quantitative estimate of drug-likeness (QED) is 0.254. The van der Waals surface area contributed by atoms with Crippen molar-refractivity contribution in [2.24, 2.45) is 0 Å². The van der Waals surface area contributed by atoms with E-state index in [1.807, 2.05) is 54.7 Å². The maximum Gasteiger partial charge on any atom is 0.306 e. The maximum atomic E-state index is 10.6. The lowest BCUT2D eigenvalue weighted by Gasteiger charge is -2.07. The molecule has 7 heteroatoms. The Morgan fingerprint density at radius 3 is 2.31 bits per heavy atom. The van der Waals surface area contributed by atoms with E-state index < -0.39 is 5.97 Å².